The summed E-state index contributed by atoms with van der Waals surface area (Å²) in [4.78, 5) is 25.7. The third-order valence-electron chi connectivity index (χ3n) is 5.44. The molecule has 8 nitrogen and oxygen atoms in total. The highest BCUT2D eigenvalue weighted by atomic mass is 35.5. The first-order valence-corrected chi connectivity index (χ1v) is 12.2. The standard InChI is InChI=1S/C22H24Cl2N2O6S/c1-26-11-17(16-8-14(23)9-19(24)18(16)12-26)13-5-4-6-15(7-13)33(29,30)25-20(22(28)32-3)10-21(27)31-2/h4-9,17,20,25H,10-12H2,1-3H3. The summed E-state index contributed by atoms with van der Waals surface area (Å²) in [5.74, 6) is -1.82. The molecule has 2 atom stereocenters. The number of halogens is 2. The number of sulfonamides is 1. The second-order valence-corrected chi connectivity index (χ2v) is 10.3. The van der Waals surface area contributed by atoms with E-state index in [1.54, 1.807) is 12.1 Å². The van der Waals surface area contributed by atoms with Crippen LogP contribution in [0.15, 0.2) is 41.3 Å². The van der Waals surface area contributed by atoms with Crippen LogP contribution < -0.4 is 4.72 Å². The lowest BCUT2D eigenvalue weighted by atomic mass is 9.85. The van der Waals surface area contributed by atoms with Crippen molar-refractivity contribution in [2.75, 3.05) is 27.8 Å². The molecule has 0 saturated heterocycles. The van der Waals surface area contributed by atoms with Gasteiger partial charge in [0.1, 0.15) is 6.04 Å². The molecule has 1 heterocycles. The highest BCUT2D eigenvalue weighted by molar-refractivity contribution is 7.89. The van der Waals surface area contributed by atoms with E-state index in [4.69, 9.17) is 23.2 Å². The summed E-state index contributed by atoms with van der Waals surface area (Å²) in [7, 11) is 0.0450. The summed E-state index contributed by atoms with van der Waals surface area (Å²) in [6.07, 6.45) is -0.500. The van der Waals surface area contributed by atoms with E-state index in [1.165, 1.54) is 12.1 Å². The number of fused-ring (bicyclic) bond motifs is 1. The van der Waals surface area contributed by atoms with Crippen molar-refractivity contribution in [3.8, 4) is 0 Å². The zero-order valence-electron chi connectivity index (χ0n) is 18.3. The molecule has 1 aliphatic heterocycles. The van der Waals surface area contributed by atoms with E-state index in [1.807, 2.05) is 19.2 Å². The van der Waals surface area contributed by atoms with Gasteiger partial charge in [0.2, 0.25) is 10.0 Å². The van der Waals surface area contributed by atoms with E-state index in [0.717, 1.165) is 30.9 Å². The van der Waals surface area contributed by atoms with Crippen LogP contribution in [0.25, 0.3) is 0 Å². The normalized spacial score (nSPS) is 17.2. The van der Waals surface area contributed by atoms with Crippen molar-refractivity contribution in [2.45, 2.75) is 29.8 Å². The zero-order chi connectivity index (χ0) is 24.3. The Balaban J connectivity index is 1.97. The number of carbonyl (C=O) groups is 2. The minimum atomic E-state index is -4.16. The number of ether oxygens (including phenoxy) is 2. The summed E-state index contributed by atoms with van der Waals surface area (Å²) in [6, 6.07) is 8.52. The molecule has 0 amide bonds. The lowest BCUT2D eigenvalue weighted by Gasteiger charge is -2.33. The Kier molecular flexibility index (Phi) is 8.02. The maximum atomic E-state index is 13.1. The smallest absolute Gasteiger partial charge is 0.324 e. The molecule has 0 saturated carbocycles. The Hall–Kier alpha value is -2.17. The minimum Gasteiger partial charge on any atom is -0.469 e. The fraction of sp³-hybridized carbons (Fsp3) is 0.364. The molecule has 2 aromatic carbocycles. The Labute approximate surface area is 202 Å². The first-order chi connectivity index (χ1) is 15.6. The van der Waals surface area contributed by atoms with E-state index in [-0.39, 0.29) is 10.8 Å². The van der Waals surface area contributed by atoms with Gasteiger partial charge in [-0.05, 0) is 48.0 Å². The summed E-state index contributed by atoms with van der Waals surface area (Å²) >= 11 is 12.7. The second-order valence-electron chi connectivity index (χ2n) is 7.75. The number of nitrogens with one attached hydrogen (secondary N) is 1. The first kappa shape index (κ1) is 25.5. The van der Waals surface area contributed by atoms with Crippen LogP contribution >= 0.6 is 23.2 Å². The molecule has 2 unspecified atom stereocenters. The molecular weight excluding hydrogens is 491 g/mol. The fourth-order valence-corrected chi connectivity index (χ4v) is 5.66. The monoisotopic (exact) mass is 514 g/mol. The highest BCUT2D eigenvalue weighted by Crippen LogP contribution is 2.38. The van der Waals surface area contributed by atoms with Gasteiger partial charge in [0.05, 0.1) is 25.5 Å². The Bertz CT molecular complexity index is 1170. The number of hydrogen-bond acceptors (Lipinski definition) is 7. The number of methoxy groups -OCH3 is 2. The predicted octanol–water partition coefficient (Wildman–Crippen LogP) is 2.95. The van der Waals surface area contributed by atoms with Crippen molar-refractivity contribution < 1.29 is 27.5 Å². The lowest BCUT2D eigenvalue weighted by molar-refractivity contribution is -0.149. The second kappa shape index (κ2) is 10.4. The van der Waals surface area contributed by atoms with E-state index in [2.05, 4.69) is 19.1 Å². The van der Waals surface area contributed by atoms with Gasteiger partial charge in [-0.1, -0.05) is 35.3 Å². The van der Waals surface area contributed by atoms with E-state index in [9.17, 15) is 18.0 Å². The molecule has 178 valence electrons. The van der Waals surface area contributed by atoms with Gasteiger partial charge in [-0.3, -0.25) is 9.59 Å². The number of likely N-dealkylation sites (N-methyl/N-ethyl adjacent to an activating group) is 1. The van der Waals surface area contributed by atoms with Crippen LogP contribution in [0.5, 0.6) is 0 Å². The van der Waals surface area contributed by atoms with E-state index >= 15 is 0 Å². The first-order valence-electron chi connectivity index (χ1n) is 9.99. The van der Waals surface area contributed by atoms with Gasteiger partial charge >= 0.3 is 11.9 Å². The number of rotatable bonds is 7. The largest absolute Gasteiger partial charge is 0.469 e. The summed E-state index contributed by atoms with van der Waals surface area (Å²) in [5, 5.41) is 1.06. The molecule has 1 aliphatic rings. The van der Waals surface area contributed by atoms with Crippen LogP contribution in [-0.4, -0.2) is 59.1 Å². The number of carbonyl (C=O) groups excluding carboxylic acids is 2. The highest BCUT2D eigenvalue weighted by Gasteiger charge is 2.31. The van der Waals surface area contributed by atoms with Crippen LogP contribution in [0.4, 0.5) is 0 Å². The quantitative estimate of drug-likeness (QED) is 0.566. The van der Waals surface area contributed by atoms with Gasteiger partial charge in [-0.15, -0.1) is 0 Å². The van der Waals surface area contributed by atoms with Crippen LogP contribution in [0.2, 0.25) is 10.0 Å². The molecule has 11 heteroatoms. The average molecular weight is 515 g/mol. The molecule has 0 aliphatic carbocycles. The molecule has 1 N–H and O–H groups in total. The van der Waals surface area contributed by atoms with Crippen LogP contribution in [0.3, 0.4) is 0 Å². The van der Waals surface area contributed by atoms with E-state index in [0.29, 0.717) is 23.1 Å². The molecule has 3 rings (SSSR count). The minimum absolute atomic E-state index is 0.0540. The summed E-state index contributed by atoms with van der Waals surface area (Å²) in [6.45, 7) is 1.28. The van der Waals surface area contributed by atoms with Crippen LogP contribution in [-0.2, 0) is 35.6 Å². The number of hydrogen-bond donors (Lipinski definition) is 1. The van der Waals surface area contributed by atoms with Gasteiger partial charge in [-0.2, -0.15) is 4.72 Å². The predicted molar refractivity (Wildman–Crippen MR) is 124 cm³/mol. The number of esters is 2. The fourth-order valence-electron chi connectivity index (χ4n) is 3.85. The van der Waals surface area contributed by atoms with Crippen molar-refractivity contribution >= 4 is 45.2 Å². The number of nitrogens with zero attached hydrogens (tertiary/aromatic N) is 1. The third kappa shape index (κ3) is 5.85. The van der Waals surface area contributed by atoms with Gasteiger partial charge in [-0.25, -0.2) is 8.42 Å². The Morgan fingerprint density at radius 2 is 1.91 bits per heavy atom. The summed E-state index contributed by atoms with van der Waals surface area (Å²) < 4.78 is 37.5. The topological polar surface area (TPSA) is 102 Å². The van der Waals surface area contributed by atoms with Crippen molar-refractivity contribution in [1.82, 2.24) is 9.62 Å². The van der Waals surface area contributed by atoms with Gasteiger partial charge in [0.15, 0.2) is 0 Å². The molecule has 0 bridgehead atoms. The van der Waals surface area contributed by atoms with Crippen molar-refractivity contribution in [3.05, 3.63) is 63.1 Å². The van der Waals surface area contributed by atoms with Crippen molar-refractivity contribution in [1.29, 1.82) is 0 Å². The van der Waals surface area contributed by atoms with Crippen LogP contribution in [0, 0.1) is 0 Å². The van der Waals surface area contributed by atoms with Gasteiger partial charge in [0, 0.05) is 29.1 Å². The molecule has 0 radical (unpaired) electrons. The molecule has 0 fully saturated rings. The summed E-state index contributed by atoms with van der Waals surface area (Å²) in [5.41, 5.74) is 2.62. The Morgan fingerprint density at radius 1 is 1.18 bits per heavy atom. The SMILES string of the molecule is COC(=O)CC(NS(=O)(=O)c1cccc(C2CN(C)Cc3c(Cl)cc(Cl)cc32)c1)C(=O)OC. The maximum Gasteiger partial charge on any atom is 0.324 e. The van der Waals surface area contributed by atoms with Crippen LogP contribution in [0.1, 0.15) is 29.0 Å². The van der Waals surface area contributed by atoms with Gasteiger partial charge < -0.3 is 14.4 Å². The van der Waals surface area contributed by atoms with E-state index < -0.39 is 34.4 Å². The molecular formula is C22H24Cl2N2O6S. The average Bonchev–Trinajstić information content (AvgIpc) is 2.78. The maximum absolute atomic E-state index is 13.1. The lowest BCUT2D eigenvalue weighted by Crippen LogP contribution is -2.43. The Morgan fingerprint density at radius 3 is 2.58 bits per heavy atom. The zero-order valence-corrected chi connectivity index (χ0v) is 20.6. The third-order valence-corrected chi connectivity index (χ3v) is 7.47. The van der Waals surface area contributed by atoms with Gasteiger partial charge in [0.25, 0.3) is 0 Å². The molecule has 0 spiro atoms. The number of benzene rings is 2. The molecule has 0 aromatic heterocycles. The molecule has 2 aromatic rings. The van der Waals surface area contributed by atoms with Crippen molar-refractivity contribution in [3.63, 3.8) is 0 Å². The van der Waals surface area contributed by atoms with Crippen molar-refractivity contribution in [2.24, 2.45) is 0 Å². The molecule has 33 heavy (non-hydrogen) atoms.